The topological polar surface area (TPSA) is 101 Å². The van der Waals surface area contributed by atoms with E-state index in [1.807, 2.05) is 30.2 Å². The van der Waals surface area contributed by atoms with E-state index in [4.69, 9.17) is 0 Å². The Labute approximate surface area is 238 Å². The zero-order chi connectivity index (χ0) is 29.4. The van der Waals surface area contributed by atoms with Crippen molar-refractivity contribution in [3.05, 3.63) is 59.2 Å². The fraction of sp³-hybridized carbons (Fsp3) is 0.433. The average Bonchev–Trinajstić information content (AvgIpc) is 3.26. The van der Waals surface area contributed by atoms with Crippen LogP contribution >= 0.6 is 0 Å². The van der Waals surface area contributed by atoms with Crippen molar-refractivity contribution >= 4 is 28.7 Å². The molecule has 0 unspecified atom stereocenters. The van der Waals surface area contributed by atoms with E-state index in [1.54, 1.807) is 25.1 Å². The van der Waals surface area contributed by atoms with E-state index < -0.39 is 11.6 Å². The molecule has 41 heavy (non-hydrogen) atoms. The smallest absolute Gasteiger partial charge is 0.255 e. The fourth-order valence-corrected chi connectivity index (χ4v) is 5.55. The second-order valence-electron chi connectivity index (χ2n) is 11.2. The highest BCUT2D eigenvalue weighted by molar-refractivity contribution is 5.95. The lowest BCUT2D eigenvalue weighted by atomic mass is 10.0. The molecule has 5 rings (SSSR count). The highest BCUT2D eigenvalue weighted by atomic mass is 19.1. The largest absolute Gasteiger partial charge is 0.338 e. The molecule has 1 aliphatic heterocycles. The van der Waals surface area contributed by atoms with E-state index in [2.05, 4.69) is 44.4 Å². The van der Waals surface area contributed by atoms with Gasteiger partial charge in [-0.15, -0.1) is 0 Å². The van der Waals surface area contributed by atoms with Gasteiger partial charge in [-0.05, 0) is 64.8 Å². The monoisotopic (exact) mass is 562 g/mol. The van der Waals surface area contributed by atoms with Gasteiger partial charge in [0.25, 0.3) is 5.91 Å². The van der Waals surface area contributed by atoms with E-state index in [1.165, 1.54) is 6.07 Å². The first-order valence-electron chi connectivity index (χ1n) is 14.0. The number of pyridine rings is 1. The average molecular weight is 563 g/mol. The third-order valence-electron chi connectivity index (χ3n) is 7.37. The van der Waals surface area contributed by atoms with Crippen molar-refractivity contribution in [3.63, 3.8) is 0 Å². The molecule has 1 amide bonds. The molecule has 0 spiro atoms. The maximum absolute atomic E-state index is 15.0. The number of halogens is 2. The van der Waals surface area contributed by atoms with Crippen LogP contribution in [-0.4, -0.2) is 60.5 Å². The first kappa shape index (κ1) is 28.5. The lowest BCUT2D eigenvalue weighted by Gasteiger charge is -2.33. The summed E-state index contributed by atoms with van der Waals surface area (Å²) in [5.41, 5.74) is 2.13. The van der Waals surface area contributed by atoms with Crippen LogP contribution in [0.1, 0.15) is 68.5 Å². The number of carbonyl (C=O) groups is 1. The van der Waals surface area contributed by atoms with Gasteiger partial charge in [-0.2, -0.15) is 0 Å². The third kappa shape index (κ3) is 5.90. The van der Waals surface area contributed by atoms with Crippen molar-refractivity contribution < 1.29 is 13.6 Å². The molecular weight excluding hydrogens is 526 g/mol. The summed E-state index contributed by atoms with van der Waals surface area (Å²) in [6.07, 6.45) is 2.87. The van der Waals surface area contributed by atoms with Gasteiger partial charge in [0, 0.05) is 36.8 Å². The lowest BCUT2D eigenvalue weighted by Crippen LogP contribution is -2.46. The number of aryl methyl sites for hydroxylation is 2. The molecule has 1 fully saturated rings. The number of aromatic nitrogens is 5. The number of piperidine rings is 1. The number of nitrogens with one attached hydrogen (secondary N) is 2. The third-order valence-corrected chi connectivity index (χ3v) is 7.37. The van der Waals surface area contributed by atoms with Gasteiger partial charge in [-0.3, -0.25) is 4.79 Å². The molecule has 1 aromatic carbocycles. The summed E-state index contributed by atoms with van der Waals surface area (Å²) in [5.74, 6) is -0.0944. The molecule has 0 aliphatic carbocycles. The molecule has 0 atom stereocenters. The highest BCUT2D eigenvalue weighted by Gasteiger charge is 2.25. The minimum absolute atomic E-state index is 0.0417. The van der Waals surface area contributed by atoms with E-state index in [9.17, 15) is 9.18 Å². The van der Waals surface area contributed by atoms with Gasteiger partial charge in [0.1, 0.15) is 22.9 Å². The van der Waals surface area contributed by atoms with Crippen LogP contribution in [0.15, 0.2) is 30.5 Å². The Bertz CT molecular complexity index is 1590. The van der Waals surface area contributed by atoms with E-state index in [0.29, 0.717) is 53.6 Å². The lowest BCUT2D eigenvalue weighted by molar-refractivity contribution is 0.0702. The predicted octanol–water partition coefficient (Wildman–Crippen LogP) is 5.71. The van der Waals surface area contributed by atoms with Crippen LogP contribution in [-0.2, 0) is 0 Å². The number of nitrogens with zero attached hydrogens (tertiary/aromatic N) is 6. The van der Waals surface area contributed by atoms with Crippen LogP contribution in [0, 0.1) is 25.5 Å². The van der Waals surface area contributed by atoms with Crippen molar-refractivity contribution in [2.75, 3.05) is 18.4 Å². The van der Waals surface area contributed by atoms with Gasteiger partial charge < -0.3 is 20.1 Å². The van der Waals surface area contributed by atoms with Crippen molar-refractivity contribution in [2.45, 2.75) is 72.5 Å². The summed E-state index contributed by atoms with van der Waals surface area (Å²) in [7, 11) is 0. The minimum Gasteiger partial charge on any atom is -0.338 e. The van der Waals surface area contributed by atoms with Crippen LogP contribution in [0.2, 0.25) is 0 Å². The van der Waals surface area contributed by atoms with Crippen LogP contribution in [0.4, 0.5) is 20.5 Å². The maximum Gasteiger partial charge on any atom is 0.255 e. The minimum atomic E-state index is -0.681. The van der Waals surface area contributed by atoms with Crippen molar-refractivity contribution in [1.29, 1.82) is 0 Å². The number of hydrogen-bond acceptors (Lipinski definition) is 7. The number of anilines is 2. The van der Waals surface area contributed by atoms with Crippen LogP contribution < -0.4 is 10.6 Å². The summed E-state index contributed by atoms with van der Waals surface area (Å²) in [4.78, 5) is 32.3. The molecule has 3 aromatic heterocycles. The Morgan fingerprint density at radius 1 is 1.00 bits per heavy atom. The molecule has 4 heterocycles. The number of hydrogen-bond donors (Lipinski definition) is 2. The molecule has 0 saturated carbocycles. The Kier molecular flexibility index (Phi) is 7.99. The normalized spacial score (nSPS) is 14.4. The molecule has 0 bridgehead atoms. The van der Waals surface area contributed by atoms with E-state index in [-0.39, 0.29) is 34.7 Å². The zero-order valence-corrected chi connectivity index (χ0v) is 24.3. The number of likely N-dealkylation sites (tertiary alicyclic amines) is 1. The summed E-state index contributed by atoms with van der Waals surface area (Å²) in [6, 6.07) is 7.21. The van der Waals surface area contributed by atoms with Crippen LogP contribution in [0.25, 0.3) is 22.3 Å². The Morgan fingerprint density at radius 2 is 1.73 bits per heavy atom. The predicted molar refractivity (Wildman–Crippen MR) is 155 cm³/mol. The quantitative estimate of drug-likeness (QED) is 0.298. The maximum atomic E-state index is 15.0. The molecule has 1 saturated heterocycles. The SMILES string of the molecule is Cc1nc(Nc2ncc(F)c(-c3cc(F)c4nc(C)n(C(C)C)c4c3)n2)ccc1C(=O)N1CCC(NC(C)C)CC1. The molecule has 216 valence electrons. The van der Waals surface area contributed by atoms with Gasteiger partial charge in [-0.25, -0.2) is 28.7 Å². The molecule has 0 radical (unpaired) electrons. The number of benzene rings is 1. The Hall–Kier alpha value is -3.99. The summed E-state index contributed by atoms with van der Waals surface area (Å²) < 4.78 is 31.8. The number of amides is 1. The zero-order valence-electron chi connectivity index (χ0n) is 24.3. The first-order chi connectivity index (χ1) is 19.5. The molecule has 4 aromatic rings. The standard InChI is InChI=1S/C30H36F2N8O/c1-16(2)34-21-9-11-39(12-10-21)29(41)22-7-8-26(35-18(22)5)37-30-33-15-24(32)27(38-30)20-13-23(31)28-25(14-20)40(17(3)4)19(6)36-28/h7-8,13-17,21,34H,9-12H2,1-6H3,(H,33,35,37,38). The molecule has 1 aliphatic rings. The number of rotatable bonds is 7. The fourth-order valence-electron chi connectivity index (χ4n) is 5.55. The molecule has 2 N–H and O–H groups in total. The van der Waals surface area contributed by atoms with Crippen molar-refractivity contribution in [3.8, 4) is 11.3 Å². The highest BCUT2D eigenvalue weighted by Crippen LogP contribution is 2.30. The van der Waals surface area contributed by atoms with Crippen LogP contribution in [0.5, 0.6) is 0 Å². The van der Waals surface area contributed by atoms with Crippen LogP contribution in [0.3, 0.4) is 0 Å². The number of fused-ring (bicyclic) bond motifs is 1. The number of imidazole rings is 1. The van der Waals surface area contributed by atoms with E-state index in [0.717, 1.165) is 19.0 Å². The molecular formula is C30H36F2N8O. The number of carbonyl (C=O) groups excluding carboxylic acids is 1. The van der Waals surface area contributed by atoms with E-state index >= 15 is 4.39 Å². The Balaban J connectivity index is 1.36. The van der Waals surface area contributed by atoms with Gasteiger partial charge >= 0.3 is 0 Å². The Morgan fingerprint density at radius 3 is 2.39 bits per heavy atom. The van der Waals surface area contributed by atoms with Crippen molar-refractivity contribution in [2.24, 2.45) is 0 Å². The van der Waals surface area contributed by atoms with Gasteiger partial charge in [0.2, 0.25) is 5.95 Å². The first-order valence-corrected chi connectivity index (χ1v) is 14.0. The molecule has 9 nitrogen and oxygen atoms in total. The summed E-state index contributed by atoms with van der Waals surface area (Å²) in [6.45, 7) is 13.2. The van der Waals surface area contributed by atoms with Gasteiger partial charge in [0.05, 0.1) is 23.0 Å². The van der Waals surface area contributed by atoms with Crippen molar-refractivity contribution in [1.82, 2.24) is 34.7 Å². The summed E-state index contributed by atoms with van der Waals surface area (Å²) >= 11 is 0. The molecule has 11 heteroatoms. The van der Waals surface area contributed by atoms with Gasteiger partial charge in [-0.1, -0.05) is 13.8 Å². The second-order valence-corrected chi connectivity index (χ2v) is 11.2. The van der Waals surface area contributed by atoms with Gasteiger partial charge in [0.15, 0.2) is 11.6 Å². The second kappa shape index (κ2) is 11.5. The summed E-state index contributed by atoms with van der Waals surface area (Å²) in [5, 5.41) is 6.54.